The molecule has 5 rings (SSSR count). The molecule has 0 saturated carbocycles. The van der Waals surface area contributed by atoms with E-state index >= 15 is 0 Å². The van der Waals surface area contributed by atoms with Crippen molar-refractivity contribution in [3.05, 3.63) is 59.3 Å². The molecule has 1 N–H and O–H groups in total. The molecule has 2 aliphatic rings. The summed E-state index contributed by atoms with van der Waals surface area (Å²) in [6, 6.07) is 14.5. The summed E-state index contributed by atoms with van der Waals surface area (Å²) in [5.74, 6) is 1.75. The minimum atomic E-state index is -0.0696. The van der Waals surface area contributed by atoms with Crippen LogP contribution >= 0.6 is 0 Å². The molecular weight excluding hydrogens is 390 g/mol. The van der Waals surface area contributed by atoms with Gasteiger partial charge in [-0.2, -0.15) is 0 Å². The van der Waals surface area contributed by atoms with Gasteiger partial charge in [0.1, 0.15) is 11.5 Å². The molecule has 164 valence electrons. The highest BCUT2D eigenvalue weighted by Gasteiger charge is 2.52. The number of aliphatic hydroxyl groups is 1. The van der Waals surface area contributed by atoms with Crippen molar-refractivity contribution in [3.63, 3.8) is 0 Å². The van der Waals surface area contributed by atoms with E-state index in [0.717, 1.165) is 48.8 Å². The summed E-state index contributed by atoms with van der Waals surface area (Å²) >= 11 is 0. The van der Waals surface area contributed by atoms with E-state index in [2.05, 4.69) is 52.7 Å². The van der Waals surface area contributed by atoms with E-state index in [9.17, 15) is 5.11 Å². The Hall–Kier alpha value is -2.54. The van der Waals surface area contributed by atoms with Gasteiger partial charge < -0.3 is 24.0 Å². The lowest BCUT2D eigenvalue weighted by molar-refractivity contribution is 0.00265. The molecular formula is C25H31N3O3. The first kappa shape index (κ1) is 20.4. The van der Waals surface area contributed by atoms with E-state index in [4.69, 9.17) is 9.47 Å². The molecule has 1 spiro atoms. The van der Waals surface area contributed by atoms with Crippen molar-refractivity contribution in [2.75, 3.05) is 47.5 Å². The first-order valence-electron chi connectivity index (χ1n) is 10.8. The van der Waals surface area contributed by atoms with Crippen LogP contribution in [0.2, 0.25) is 0 Å². The van der Waals surface area contributed by atoms with Crippen LogP contribution in [0.5, 0.6) is 11.5 Å². The molecule has 0 unspecified atom stereocenters. The molecule has 1 saturated heterocycles. The second-order valence-corrected chi connectivity index (χ2v) is 9.07. The van der Waals surface area contributed by atoms with E-state index in [1.54, 1.807) is 14.2 Å². The van der Waals surface area contributed by atoms with Crippen molar-refractivity contribution >= 4 is 10.9 Å². The van der Waals surface area contributed by atoms with Crippen molar-refractivity contribution in [2.45, 2.75) is 18.0 Å². The predicted octanol–water partition coefficient (Wildman–Crippen LogP) is 2.93. The number of likely N-dealkylation sites (N-methyl/N-ethyl adjacent to an activating group) is 1. The Bertz CT molecular complexity index is 1120. The topological polar surface area (TPSA) is 50.1 Å². The molecule has 2 aromatic carbocycles. The van der Waals surface area contributed by atoms with E-state index < -0.39 is 0 Å². The van der Waals surface area contributed by atoms with Crippen molar-refractivity contribution in [2.24, 2.45) is 7.05 Å². The zero-order valence-corrected chi connectivity index (χ0v) is 18.8. The normalized spacial score (nSPS) is 20.6. The number of benzene rings is 2. The zero-order chi connectivity index (χ0) is 21.8. The Kier molecular flexibility index (Phi) is 4.96. The Morgan fingerprint density at radius 1 is 1.03 bits per heavy atom. The number of aromatic nitrogens is 1. The van der Waals surface area contributed by atoms with Crippen molar-refractivity contribution in [1.29, 1.82) is 0 Å². The molecule has 6 nitrogen and oxygen atoms in total. The molecule has 6 heteroatoms. The van der Waals surface area contributed by atoms with Crippen LogP contribution < -0.4 is 9.47 Å². The average molecular weight is 422 g/mol. The highest BCUT2D eigenvalue weighted by Crippen LogP contribution is 2.49. The largest absolute Gasteiger partial charge is 0.497 e. The molecule has 0 aliphatic carbocycles. The van der Waals surface area contributed by atoms with E-state index in [-0.39, 0.29) is 18.1 Å². The quantitative estimate of drug-likeness (QED) is 0.687. The lowest BCUT2D eigenvalue weighted by atomic mass is 9.69. The molecule has 1 atom stereocenters. The van der Waals surface area contributed by atoms with Crippen LogP contribution in [0.25, 0.3) is 10.9 Å². The maximum atomic E-state index is 10.6. The minimum absolute atomic E-state index is 0.0614. The summed E-state index contributed by atoms with van der Waals surface area (Å²) < 4.78 is 13.4. The molecule has 31 heavy (non-hydrogen) atoms. The molecule has 3 heterocycles. The second kappa shape index (κ2) is 7.55. The van der Waals surface area contributed by atoms with Crippen molar-refractivity contribution < 1.29 is 14.6 Å². The van der Waals surface area contributed by atoms with E-state index in [1.165, 1.54) is 16.6 Å². The van der Waals surface area contributed by atoms with Gasteiger partial charge in [-0.3, -0.25) is 4.90 Å². The summed E-state index contributed by atoms with van der Waals surface area (Å²) in [7, 11) is 7.72. The number of hydrogen-bond donors (Lipinski definition) is 1. The number of nitrogens with zero attached hydrogens (tertiary/aromatic N) is 3. The number of para-hydroxylation sites is 1. The number of methoxy groups -OCH3 is 2. The maximum Gasteiger partial charge on any atom is 0.123 e. The number of likely N-dealkylation sites (tertiary alicyclic amines) is 1. The highest BCUT2D eigenvalue weighted by molar-refractivity contribution is 5.89. The van der Waals surface area contributed by atoms with Crippen LogP contribution in [0.1, 0.15) is 22.9 Å². The number of rotatable bonds is 5. The maximum absolute atomic E-state index is 10.6. The summed E-state index contributed by atoms with van der Waals surface area (Å²) in [6.07, 6.45) is 0. The third-order valence-corrected chi connectivity index (χ3v) is 7.13. The molecule has 0 amide bonds. The Balaban J connectivity index is 1.66. The predicted molar refractivity (Wildman–Crippen MR) is 122 cm³/mol. The summed E-state index contributed by atoms with van der Waals surface area (Å²) in [6.45, 7) is 3.77. The van der Waals surface area contributed by atoms with Gasteiger partial charge in [0, 0.05) is 61.4 Å². The zero-order valence-electron chi connectivity index (χ0n) is 18.8. The van der Waals surface area contributed by atoms with Crippen LogP contribution in [-0.4, -0.2) is 67.0 Å². The first-order valence-corrected chi connectivity index (χ1v) is 10.8. The van der Waals surface area contributed by atoms with Gasteiger partial charge in [0.25, 0.3) is 0 Å². The number of aliphatic hydroxyl groups excluding tert-OH is 1. The fourth-order valence-electron chi connectivity index (χ4n) is 5.93. The molecule has 3 aromatic rings. The number of hydrogen-bond acceptors (Lipinski definition) is 5. The van der Waals surface area contributed by atoms with Crippen LogP contribution in [0.3, 0.4) is 0 Å². The molecule has 0 radical (unpaired) electrons. The molecule has 1 fully saturated rings. The fraction of sp³-hybridized carbons (Fsp3) is 0.440. The smallest absolute Gasteiger partial charge is 0.123 e. The second-order valence-electron chi connectivity index (χ2n) is 9.07. The van der Waals surface area contributed by atoms with Crippen LogP contribution in [0.15, 0.2) is 42.5 Å². The van der Waals surface area contributed by atoms with Crippen LogP contribution in [0, 0.1) is 0 Å². The van der Waals surface area contributed by atoms with Gasteiger partial charge in [-0.15, -0.1) is 0 Å². The lowest BCUT2D eigenvalue weighted by Gasteiger charge is -2.55. The molecule has 2 aliphatic heterocycles. The van der Waals surface area contributed by atoms with E-state index in [0.29, 0.717) is 0 Å². The van der Waals surface area contributed by atoms with Gasteiger partial charge >= 0.3 is 0 Å². The standard InChI is InChI=1S/C25H31N3O3/c1-26-14-25(15-26)16-28(12-17-7-5-6-8-22(17)31-4)21(13-29)24-23(25)19-10-9-18(30-3)11-20(19)27(24)2/h5-11,21,29H,12-16H2,1-4H3/t21-/m0/s1. The van der Waals surface area contributed by atoms with Gasteiger partial charge in [0.2, 0.25) is 0 Å². The fourth-order valence-corrected chi connectivity index (χ4v) is 5.93. The van der Waals surface area contributed by atoms with Crippen molar-refractivity contribution in [3.8, 4) is 11.5 Å². The number of fused-ring (bicyclic) bond motifs is 4. The molecule has 0 bridgehead atoms. The lowest BCUT2D eigenvalue weighted by Crippen LogP contribution is -2.65. The minimum Gasteiger partial charge on any atom is -0.497 e. The Labute approximate surface area is 183 Å². The van der Waals surface area contributed by atoms with Gasteiger partial charge in [-0.1, -0.05) is 18.2 Å². The third-order valence-electron chi connectivity index (χ3n) is 7.13. The van der Waals surface area contributed by atoms with Crippen LogP contribution in [0.4, 0.5) is 0 Å². The van der Waals surface area contributed by atoms with Gasteiger partial charge in [0.05, 0.1) is 32.4 Å². The highest BCUT2D eigenvalue weighted by atomic mass is 16.5. The van der Waals surface area contributed by atoms with Crippen molar-refractivity contribution in [1.82, 2.24) is 14.4 Å². The van der Waals surface area contributed by atoms with E-state index in [1.807, 2.05) is 18.2 Å². The SMILES string of the molecule is COc1ccc2c3c(n(C)c2c1)[C@H](CO)N(Cc1ccccc1OC)CC31CN(C)C1. The van der Waals surface area contributed by atoms with Crippen LogP contribution in [-0.2, 0) is 19.0 Å². The summed E-state index contributed by atoms with van der Waals surface area (Å²) in [4.78, 5) is 4.82. The number of ether oxygens (including phenoxy) is 2. The van der Waals surface area contributed by atoms with Gasteiger partial charge in [0.15, 0.2) is 0 Å². The Morgan fingerprint density at radius 2 is 1.81 bits per heavy atom. The number of aryl methyl sites for hydroxylation is 1. The molecule has 1 aromatic heterocycles. The van der Waals surface area contributed by atoms with Gasteiger partial charge in [-0.25, -0.2) is 0 Å². The summed E-state index contributed by atoms with van der Waals surface area (Å²) in [5.41, 5.74) is 5.00. The van der Waals surface area contributed by atoms with Gasteiger partial charge in [-0.05, 0) is 30.8 Å². The average Bonchev–Trinajstić information content (AvgIpc) is 3.06. The summed E-state index contributed by atoms with van der Waals surface area (Å²) in [5, 5.41) is 11.8. The third kappa shape index (κ3) is 3.04. The monoisotopic (exact) mass is 421 g/mol. The first-order chi connectivity index (χ1) is 15.0. The Morgan fingerprint density at radius 3 is 2.48 bits per heavy atom.